The lowest BCUT2D eigenvalue weighted by Crippen LogP contribution is -2.32. The van der Waals surface area contributed by atoms with Gasteiger partial charge >= 0.3 is 0 Å². The molecule has 0 aromatic heterocycles. The lowest BCUT2D eigenvalue weighted by molar-refractivity contribution is 0.0958. The summed E-state index contributed by atoms with van der Waals surface area (Å²) < 4.78 is 0. The van der Waals surface area contributed by atoms with Gasteiger partial charge in [0.2, 0.25) is 0 Å². The van der Waals surface area contributed by atoms with Crippen molar-refractivity contribution in [1.29, 1.82) is 0 Å². The summed E-state index contributed by atoms with van der Waals surface area (Å²) in [4.78, 5) is 14.3. The Balaban J connectivity index is 2.48. The standard InChI is InChI=1S/C15H22ClNO/c1-4-14(5-2)17(3)11-10-15(18)12-6-8-13(16)9-7-12/h6-9,14H,4-5,10-11H2,1-3H3. The smallest absolute Gasteiger partial charge is 0.164 e. The summed E-state index contributed by atoms with van der Waals surface area (Å²) >= 11 is 5.80. The van der Waals surface area contributed by atoms with Gasteiger partial charge in [0.25, 0.3) is 0 Å². The Labute approximate surface area is 115 Å². The molecule has 0 unspecified atom stereocenters. The normalized spacial score (nSPS) is 11.2. The van der Waals surface area contributed by atoms with Crippen LogP contribution in [0.15, 0.2) is 24.3 Å². The van der Waals surface area contributed by atoms with Crippen LogP contribution in [0.4, 0.5) is 0 Å². The third kappa shape index (κ3) is 4.43. The molecule has 0 aliphatic carbocycles. The van der Waals surface area contributed by atoms with Crippen molar-refractivity contribution in [2.45, 2.75) is 39.2 Å². The van der Waals surface area contributed by atoms with Crippen LogP contribution in [0.25, 0.3) is 0 Å². The lowest BCUT2D eigenvalue weighted by Gasteiger charge is -2.25. The Morgan fingerprint density at radius 1 is 1.22 bits per heavy atom. The molecule has 2 nitrogen and oxygen atoms in total. The summed E-state index contributed by atoms with van der Waals surface area (Å²) in [5, 5.41) is 0.667. The molecule has 18 heavy (non-hydrogen) atoms. The molecule has 0 saturated heterocycles. The molecule has 0 aliphatic rings. The van der Waals surface area contributed by atoms with Crippen molar-refractivity contribution in [2.75, 3.05) is 13.6 Å². The van der Waals surface area contributed by atoms with Gasteiger partial charge in [-0.2, -0.15) is 0 Å². The van der Waals surface area contributed by atoms with Crippen molar-refractivity contribution < 1.29 is 4.79 Å². The molecule has 0 saturated carbocycles. The van der Waals surface area contributed by atoms with Crippen LogP contribution in [0.5, 0.6) is 0 Å². The summed E-state index contributed by atoms with van der Waals surface area (Å²) in [5.41, 5.74) is 0.748. The van der Waals surface area contributed by atoms with Gasteiger partial charge in [-0.05, 0) is 44.2 Å². The minimum Gasteiger partial charge on any atom is -0.303 e. The molecule has 0 aliphatic heterocycles. The minimum absolute atomic E-state index is 0.185. The van der Waals surface area contributed by atoms with Gasteiger partial charge in [-0.3, -0.25) is 4.79 Å². The first-order valence-corrected chi connectivity index (χ1v) is 6.95. The van der Waals surface area contributed by atoms with Gasteiger partial charge in [-0.15, -0.1) is 0 Å². The summed E-state index contributed by atoms with van der Waals surface area (Å²) in [6.07, 6.45) is 2.82. The second-order valence-corrected chi connectivity index (χ2v) is 5.07. The molecule has 0 heterocycles. The number of carbonyl (C=O) groups excluding carboxylic acids is 1. The molecule has 0 radical (unpaired) electrons. The van der Waals surface area contributed by atoms with Crippen molar-refractivity contribution in [1.82, 2.24) is 4.90 Å². The highest BCUT2D eigenvalue weighted by Gasteiger charge is 2.12. The number of hydrogen-bond acceptors (Lipinski definition) is 2. The fourth-order valence-corrected chi connectivity index (χ4v) is 2.28. The van der Waals surface area contributed by atoms with Gasteiger partial charge < -0.3 is 4.90 Å². The maximum atomic E-state index is 12.0. The van der Waals surface area contributed by atoms with Crippen LogP contribution in [0.3, 0.4) is 0 Å². The molecular weight excluding hydrogens is 246 g/mol. The van der Waals surface area contributed by atoms with E-state index in [0.717, 1.165) is 24.9 Å². The van der Waals surface area contributed by atoms with Crippen LogP contribution in [-0.4, -0.2) is 30.3 Å². The van der Waals surface area contributed by atoms with E-state index in [0.29, 0.717) is 17.5 Å². The van der Waals surface area contributed by atoms with E-state index in [1.807, 2.05) is 0 Å². The molecular formula is C15H22ClNO. The molecule has 0 fully saturated rings. The first kappa shape index (κ1) is 15.2. The van der Waals surface area contributed by atoms with E-state index in [-0.39, 0.29) is 5.78 Å². The van der Waals surface area contributed by atoms with Crippen LogP contribution < -0.4 is 0 Å². The zero-order valence-corrected chi connectivity index (χ0v) is 12.2. The summed E-state index contributed by atoms with van der Waals surface area (Å²) in [7, 11) is 2.09. The molecule has 0 amide bonds. The van der Waals surface area contributed by atoms with Crippen molar-refractivity contribution >= 4 is 17.4 Å². The zero-order valence-electron chi connectivity index (χ0n) is 11.4. The predicted molar refractivity (Wildman–Crippen MR) is 77.4 cm³/mol. The van der Waals surface area contributed by atoms with Crippen LogP contribution in [0.1, 0.15) is 43.5 Å². The number of Topliss-reactive ketones (excluding diaryl/α,β-unsaturated/α-hetero) is 1. The van der Waals surface area contributed by atoms with Gasteiger partial charge in [0, 0.05) is 29.6 Å². The Morgan fingerprint density at radius 2 is 1.78 bits per heavy atom. The molecule has 0 bridgehead atoms. The van der Waals surface area contributed by atoms with Crippen molar-refractivity contribution in [2.24, 2.45) is 0 Å². The van der Waals surface area contributed by atoms with E-state index in [1.54, 1.807) is 24.3 Å². The van der Waals surface area contributed by atoms with Crippen LogP contribution >= 0.6 is 11.6 Å². The monoisotopic (exact) mass is 267 g/mol. The maximum absolute atomic E-state index is 12.0. The fraction of sp³-hybridized carbons (Fsp3) is 0.533. The number of rotatable bonds is 7. The molecule has 0 N–H and O–H groups in total. The molecule has 1 aromatic carbocycles. The molecule has 0 atom stereocenters. The van der Waals surface area contributed by atoms with E-state index in [4.69, 9.17) is 11.6 Å². The van der Waals surface area contributed by atoms with Gasteiger partial charge in [0.1, 0.15) is 0 Å². The molecule has 0 spiro atoms. The number of hydrogen-bond donors (Lipinski definition) is 0. The average molecular weight is 268 g/mol. The first-order chi connectivity index (χ1) is 8.58. The summed E-state index contributed by atoms with van der Waals surface area (Å²) in [6.45, 7) is 5.19. The third-order valence-electron chi connectivity index (χ3n) is 3.42. The molecule has 100 valence electrons. The number of ketones is 1. The Hall–Kier alpha value is -0.860. The summed E-state index contributed by atoms with van der Waals surface area (Å²) in [6, 6.07) is 7.69. The lowest BCUT2D eigenvalue weighted by atomic mass is 10.1. The summed E-state index contributed by atoms with van der Waals surface area (Å²) in [5.74, 6) is 0.185. The van der Waals surface area contributed by atoms with Gasteiger partial charge in [-0.1, -0.05) is 25.4 Å². The predicted octanol–water partition coefficient (Wildman–Crippen LogP) is 4.03. The highest BCUT2D eigenvalue weighted by molar-refractivity contribution is 6.30. The number of halogens is 1. The quantitative estimate of drug-likeness (QED) is 0.695. The molecule has 1 aromatic rings. The van der Waals surface area contributed by atoms with Crippen molar-refractivity contribution in [3.05, 3.63) is 34.9 Å². The van der Waals surface area contributed by atoms with Crippen LogP contribution in [0, 0.1) is 0 Å². The first-order valence-electron chi connectivity index (χ1n) is 6.57. The SMILES string of the molecule is CCC(CC)N(C)CCC(=O)c1ccc(Cl)cc1. The van der Waals surface area contributed by atoms with E-state index >= 15 is 0 Å². The number of nitrogens with zero attached hydrogens (tertiary/aromatic N) is 1. The van der Waals surface area contributed by atoms with Gasteiger partial charge in [-0.25, -0.2) is 0 Å². The molecule has 1 rings (SSSR count). The average Bonchev–Trinajstić information content (AvgIpc) is 2.38. The minimum atomic E-state index is 0.185. The van der Waals surface area contributed by atoms with E-state index in [9.17, 15) is 4.79 Å². The highest BCUT2D eigenvalue weighted by atomic mass is 35.5. The van der Waals surface area contributed by atoms with E-state index in [1.165, 1.54) is 0 Å². The fourth-order valence-electron chi connectivity index (χ4n) is 2.15. The van der Waals surface area contributed by atoms with Crippen LogP contribution in [-0.2, 0) is 0 Å². The zero-order chi connectivity index (χ0) is 13.5. The van der Waals surface area contributed by atoms with E-state index in [2.05, 4.69) is 25.8 Å². The van der Waals surface area contributed by atoms with Crippen molar-refractivity contribution in [3.8, 4) is 0 Å². The van der Waals surface area contributed by atoms with Crippen molar-refractivity contribution in [3.63, 3.8) is 0 Å². The third-order valence-corrected chi connectivity index (χ3v) is 3.68. The highest BCUT2D eigenvalue weighted by Crippen LogP contribution is 2.12. The molecule has 3 heteroatoms. The number of benzene rings is 1. The number of carbonyl (C=O) groups is 1. The Kier molecular flexibility index (Phi) is 6.37. The Bertz CT molecular complexity index is 371. The largest absolute Gasteiger partial charge is 0.303 e. The van der Waals surface area contributed by atoms with Gasteiger partial charge in [0.05, 0.1) is 0 Å². The van der Waals surface area contributed by atoms with E-state index < -0.39 is 0 Å². The topological polar surface area (TPSA) is 20.3 Å². The second kappa shape index (κ2) is 7.55. The van der Waals surface area contributed by atoms with Crippen LogP contribution in [0.2, 0.25) is 5.02 Å². The maximum Gasteiger partial charge on any atom is 0.164 e. The van der Waals surface area contributed by atoms with Gasteiger partial charge in [0.15, 0.2) is 5.78 Å². The Morgan fingerprint density at radius 3 is 2.28 bits per heavy atom. The second-order valence-electron chi connectivity index (χ2n) is 4.63.